The zero-order valence-electron chi connectivity index (χ0n) is 15.3. The van der Waals surface area contributed by atoms with Crippen LogP contribution in [0.2, 0.25) is 0 Å². The van der Waals surface area contributed by atoms with Crippen LogP contribution in [0.3, 0.4) is 0 Å². The van der Waals surface area contributed by atoms with Crippen molar-refractivity contribution in [3.8, 4) is 0 Å². The minimum atomic E-state index is -0.0963. The molecule has 140 valence electrons. The zero-order valence-corrected chi connectivity index (χ0v) is 15.3. The SMILES string of the molecule is O=C(NCC1CCCO1)c1ccc2oc(CCCc3ccccc3)nc2c1. The lowest BCUT2D eigenvalue weighted by molar-refractivity contribution is 0.0858. The fraction of sp³-hybridized carbons (Fsp3) is 0.364. The van der Waals surface area contributed by atoms with Gasteiger partial charge in [0.1, 0.15) is 5.52 Å². The molecule has 1 aromatic heterocycles. The van der Waals surface area contributed by atoms with E-state index in [2.05, 4.69) is 34.6 Å². The van der Waals surface area contributed by atoms with Gasteiger partial charge in [0.25, 0.3) is 5.91 Å². The summed E-state index contributed by atoms with van der Waals surface area (Å²) in [5.74, 6) is 0.624. The first-order valence-electron chi connectivity index (χ1n) is 9.61. The van der Waals surface area contributed by atoms with E-state index < -0.39 is 0 Å². The Hall–Kier alpha value is -2.66. The van der Waals surface area contributed by atoms with E-state index in [1.165, 1.54) is 5.56 Å². The number of hydrogen-bond donors (Lipinski definition) is 1. The first-order chi connectivity index (χ1) is 13.3. The first-order valence-corrected chi connectivity index (χ1v) is 9.61. The molecule has 3 aromatic rings. The molecule has 0 saturated carbocycles. The number of fused-ring (bicyclic) bond motifs is 1. The monoisotopic (exact) mass is 364 g/mol. The molecule has 1 fully saturated rings. The third-order valence-corrected chi connectivity index (χ3v) is 4.91. The summed E-state index contributed by atoms with van der Waals surface area (Å²) in [6, 6.07) is 15.8. The summed E-state index contributed by atoms with van der Waals surface area (Å²) < 4.78 is 11.4. The highest BCUT2D eigenvalue weighted by molar-refractivity contribution is 5.97. The molecule has 1 saturated heterocycles. The zero-order chi connectivity index (χ0) is 18.5. The van der Waals surface area contributed by atoms with Gasteiger partial charge in [0.15, 0.2) is 11.5 Å². The van der Waals surface area contributed by atoms with Crippen molar-refractivity contribution >= 4 is 17.0 Å². The van der Waals surface area contributed by atoms with E-state index in [1.807, 2.05) is 12.1 Å². The molecule has 1 amide bonds. The van der Waals surface area contributed by atoms with E-state index in [0.29, 0.717) is 12.1 Å². The van der Waals surface area contributed by atoms with Crippen LogP contribution in [0.4, 0.5) is 0 Å². The van der Waals surface area contributed by atoms with Crippen molar-refractivity contribution < 1.29 is 13.9 Å². The fourth-order valence-corrected chi connectivity index (χ4v) is 3.43. The Morgan fingerprint density at radius 2 is 2.04 bits per heavy atom. The predicted molar refractivity (Wildman–Crippen MR) is 104 cm³/mol. The number of aryl methyl sites for hydroxylation is 2. The van der Waals surface area contributed by atoms with Crippen molar-refractivity contribution in [3.05, 3.63) is 65.5 Å². The largest absolute Gasteiger partial charge is 0.441 e. The molecule has 0 radical (unpaired) electrons. The van der Waals surface area contributed by atoms with Gasteiger partial charge in [-0.2, -0.15) is 0 Å². The second-order valence-corrected chi connectivity index (χ2v) is 6.97. The van der Waals surface area contributed by atoms with Crippen LogP contribution >= 0.6 is 0 Å². The van der Waals surface area contributed by atoms with Crippen LogP contribution in [-0.4, -0.2) is 30.1 Å². The summed E-state index contributed by atoms with van der Waals surface area (Å²) in [5.41, 5.74) is 3.37. The average molecular weight is 364 g/mol. The molecule has 1 aliphatic heterocycles. The molecule has 2 heterocycles. The van der Waals surface area contributed by atoms with Gasteiger partial charge in [0.05, 0.1) is 6.10 Å². The van der Waals surface area contributed by atoms with Gasteiger partial charge in [0.2, 0.25) is 0 Å². The minimum Gasteiger partial charge on any atom is -0.441 e. The summed E-state index contributed by atoms with van der Waals surface area (Å²) in [5, 5.41) is 2.94. The van der Waals surface area contributed by atoms with Crippen LogP contribution in [0.1, 0.15) is 41.1 Å². The molecule has 0 aliphatic carbocycles. The normalized spacial score (nSPS) is 16.7. The summed E-state index contributed by atoms with van der Waals surface area (Å²) in [4.78, 5) is 16.9. The molecule has 4 rings (SSSR count). The topological polar surface area (TPSA) is 64.4 Å². The van der Waals surface area contributed by atoms with E-state index >= 15 is 0 Å². The van der Waals surface area contributed by atoms with Crippen molar-refractivity contribution in [2.24, 2.45) is 0 Å². The van der Waals surface area contributed by atoms with Gasteiger partial charge in [0, 0.05) is 25.1 Å². The minimum absolute atomic E-state index is 0.0963. The molecule has 1 unspecified atom stereocenters. The van der Waals surface area contributed by atoms with Gasteiger partial charge in [-0.3, -0.25) is 4.79 Å². The Morgan fingerprint density at radius 3 is 2.85 bits per heavy atom. The second-order valence-electron chi connectivity index (χ2n) is 6.97. The van der Waals surface area contributed by atoms with E-state index in [1.54, 1.807) is 12.1 Å². The lowest BCUT2D eigenvalue weighted by atomic mass is 10.1. The maximum absolute atomic E-state index is 12.4. The van der Waals surface area contributed by atoms with Crippen LogP contribution in [0.5, 0.6) is 0 Å². The molecule has 5 heteroatoms. The summed E-state index contributed by atoms with van der Waals surface area (Å²) in [6.07, 6.45) is 4.97. The second kappa shape index (κ2) is 8.35. The molecular weight excluding hydrogens is 340 g/mol. The number of aromatic nitrogens is 1. The smallest absolute Gasteiger partial charge is 0.251 e. The van der Waals surface area contributed by atoms with Crippen molar-refractivity contribution in [1.82, 2.24) is 10.3 Å². The van der Waals surface area contributed by atoms with Crippen LogP contribution in [0.25, 0.3) is 11.1 Å². The van der Waals surface area contributed by atoms with Crippen molar-refractivity contribution in [2.75, 3.05) is 13.2 Å². The quantitative estimate of drug-likeness (QED) is 0.690. The first kappa shape index (κ1) is 17.7. The van der Waals surface area contributed by atoms with Crippen molar-refractivity contribution in [3.63, 3.8) is 0 Å². The maximum Gasteiger partial charge on any atom is 0.251 e. The Kier molecular flexibility index (Phi) is 5.49. The Bertz CT molecular complexity index is 898. The highest BCUT2D eigenvalue weighted by Gasteiger charge is 2.17. The Balaban J connectivity index is 1.35. The number of nitrogens with one attached hydrogen (secondary N) is 1. The van der Waals surface area contributed by atoms with Crippen LogP contribution in [0, 0.1) is 0 Å². The molecule has 1 aliphatic rings. The molecule has 2 aromatic carbocycles. The third kappa shape index (κ3) is 4.55. The summed E-state index contributed by atoms with van der Waals surface area (Å²) >= 11 is 0. The van der Waals surface area contributed by atoms with Crippen LogP contribution in [-0.2, 0) is 17.6 Å². The summed E-state index contributed by atoms with van der Waals surface area (Å²) in [6.45, 7) is 1.35. The van der Waals surface area contributed by atoms with Crippen LogP contribution < -0.4 is 5.32 Å². The van der Waals surface area contributed by atoms with Gasteiger partial charge in [-0.15, -0.1) is 0 Å². The van der Waals surface area contributed by atoms with Gasteiger partial charge < -0.3 is 14.5 Å². The highest BCUT2D eigenvalue weighted by Crippen LogP contribution is 2.19. The Morgan fingerprint density at radius 1 is 1.15 bits per heavy atom. The van der Waals surface area contributed by atoms with E-state index in [0.717, 1.165) is 55.7 Å². The fourth-order valence-electron chi connectivity index (χ4n) is 3.43. The van der Waals surface area contributed by atoms with Gasteiger partial charge in [-0.05, 0) is 49.4 Å². The van der Waals surface area contributed by atoms with E-state index in [4.69, 9.17) is 9.15 Å². The molecule has 1 N–H and O–H groups in total. The lowest BCUT2D eigenvalue weighted by Crippen LogP contribution is -2.31. The van der Waals surface area contributed by atoms with E-state index in [9.17, 15) is 4.79 Å². The number of carbonyl (C=O) groups excluding carboxylic acids is 1. The molecule has 0 bridgehead atoms. The predicted octanol–water partition coefficient (Wildman–Crippen LogP) is 3.91. The number of rotatable bonds is 7. The maximum atomic E-state index is 12.4. The van der Waals surface area contributed by atoms with Crippen molar-refractivity contribution in [2.45, 2.75) is 38.2 Å². The molecule has 1 atom stereocenters. The molecule has 0 spiro atoms. The van der Waals surface area contributed by atoms with E-state index in [-0.39, 0.29) is 12.0 Å². The number of carbonyl (C=O) groups is 1. The number of oxazole rings is 1. The third-order valence-electron chi connectivity index (χ3n) is 4.91. The van der Waals surface area contributed by atoms with Crippen molar-refractivity contribution in [1.29, 1.82) is 0 Å². The number of nitrogens with zero attached hydrogens (tertiary/aromatic N) is 1. The van der Waals surface area contributed by atoms with Gasteiger partial charge in [-0.1, -0.05) is 30.3 Å². The number of benzene rings is 2. The standard InChI is InChI=1S/C22H24N2O3/c25-22(23-15-18-9-5-13-26-18)17-11-12-20-19(14-17)24-21(27-20)10-4-8-16-6-2-1-3-7-16/h1-3,6-7,11-12,14,18H,4-5,8-10,13,15H2,(H,23,25). The van der Waals surface area contributed by atoms with Gasteiger partial charge in [-0.25, -0.2) is 4.98 Å². The summed E-state index contributed by atoms with van der Waals surface area (Å²) in [7, 11) is 0. The van der Waals surface area contributed by atoms with Crippen LogP contribution in [0.15, 0.2) is 52.9 Å². The Labute approximate surface area is 158 Å². The molecule has 5 nitrogen and oxygen atoms in total. The lowest BCUT2D eigenvalue weighted by Gasteiger charge is -2.10. The average Bonchev–Trinajstić information content (AvgIpc) is 3.35. The number of ether oxygens (including phenoxy) is 1. The molecule has 27 heavy (non-hydrogen) atoms. The van der Waals surface area contributed by atoms with Gasteiger partial charge >= 0.3 is 0 Å². The number of hydrogen-bond acceptors (Lipinski definition) is 4. The molecular formula is C22H24N2O3. The number of amides is 1. The highest BCUT2D eigenvalue weighted by atomic mass is 16.5.